The summed E-state index contributed by atoms with van der Waals surface area (Å²) in [4.78, 5) is 11.3. The van der Waals surface area contributed by atoms with Crippen molar-refractivity contribution < 1.29 is 14.3 Å². The van der Waals surface area contributed by atoms with Crippen molar-refractivity contribution in [3.8, 4) is 5.75 Å². The number of ether oxygens (including phenoxy) is 2. The number of esters is 1. The second-order valence-corrected chi connectivity index (χ2v) is 3.79. The Morgan fingerprint density at radius 2 is 2.12 bits per heavy atom. The third-order valence-electron chi connectivity index (χ3n) is 2.38. The summed E-state index contributed by atoms with van der Waals surface area (Å²) in [5.41, 5.74) is 6.66. The maximum Gasteiger partial charge on any atom is 0.322 e. The summed E-state index contributed by atoms with van der Waals surface area (Å²) >= 11 is 0. The van der Waals surface area contributed by atoms with Crippen LogP contribution in [0.1, 0.15) is 18.9 Å². The van der Waals surface area contributed by atoms with Crippen molar-refractivity contribution in [3.05, 3.63) is 29.8 Å². The van der Waals surface area contributed by atoms with Crippen LogP contribution < -0.4 is 10.5 Å². The van der Waals surface area contributed by atoms with Gasteiger partial charge in [-0.2, -0.15) is 0 Å². The number of para-hydroxylation sites is 1. The highest BCUT2D eigenvalue weighted by molar-refractivity contribution is 5.75. The second kappa shape index (κ2) is 6.91. The van der Waals surface area contributed by atoms with Crippen LogP contribution in [0.2, 0.25) is 0 Å². The van der Waals surface area contributed by atoms with Crippen LogP contribution >= 0.6 is 0 Å². The van der Waals surface area contributed by atoms with Crippen molar-refractivity contribution in [1.82, 2.24) is 0 Å². The van der Waals surface area contributed by atoms with Crippen molar-refractivity contribution in [1.29, 1.82) is 0 Å². The van der Waals surface area contributed by atoms with Crippen molar-refractivity contribution in [2.24, 2.45) is 5.73 Å². The predicted octanol–water partition coefficient (Wildman–Crippen LogP) is 1.52. The molecule has 0 aliphatic heterocycles. The van der Waals surface area contributed by atoms with E-state index in [-0.39, 0.29) is 0 Å². The lowest BCUT2D eigenvalue weighted by atomic mass is 10.1. The Morgan fingerprint density at radius 1 is 1.41 bits per heavy atom. The van der Waals surface area contributed by atoms with E-state index in [9.17, 15) is 4.79 Å². The fourth-order valence-corrected chi connectivity index (χ4v) is 1.50. The van der Waals surface area contributed by atoms with Gasteiger partial charge in [-0.1, -0.05) is 25.1 Å². The van der Waals surface area contributed by atoms with Gasteiger partial charge in [0.25, 0.3) is 0 Å². The first kappa shape index (κ1) is 13.5. The topological polar surface area (TPSA) is 61.5 Å². The number of carbonyl (C=O) groups excluding carboxylic acids is 1. The molecule has 0 saturated heterocycles. The zero-order valence-corrected chi connectivity index (χ0v) is 10.3. The van der Waals surface area contributed by atoms with Gasteiger partial charge in [-0.25, -0.2) is 0 Å². The molecular weight excluding hydrogens is 218 g/mol. The van der Waals surface area contributed by atoms with E-state index in [1.165, 1.54) is 7.11 Å². The Labute approximate surface area is 102 Å². The lowest BCUT2D eigenvalue weighted by molar-refractivity contribution is -0.142. The highest BCUT2D eigenvalue weighted by atomic mass is 16.5. The lowest BCUT2D eigenvalue weighted by Crippen LogP contribution is -2.33. The summed E-state index contributed by atoms with van der Waals surface area (Å²) in [5.74, 6) is 0.379. The maximum atomic E-state index is 11.3. The van der Waals surface area contributed by atoms with Gasteiger partial charge in [-0.15, -0.1) is 0 Å². The summed E-state index contributed by atoms with van der Waals surface area (Å²) in [6, 6.07) is 6.95. The highest BCUT2D eigenvalue weighted by Crippen LogP contribution is 2.19. The fourth-order valence-electron chi connectivity index (χ4n) is 1.50. The summed E-state index contributed by atoms with van der Waals surface area (Å²) in [7, 11) is 1.34. The monoisotopic (exact) mass is 237 g/mol. The van der Waals surface area contributed by atoms with Gasteiger partial charge in [-0.05, 0) is 18.1 Å². The molecule has 1 aromatic carbocycles. The average Bonchev–Trinajstić information content (AvgIpc) is 2.36. The van der Waals surface area contributed by atoms with Gasteiger partial charge in [0.15, 0.2) is 0 Å². The quantitative estimate of drug-likeness (QED) is 0.762. The predicted molar refractivity (Wildman–Crippen MR) is 65.9 cm³/mol. The van der Waals surface area contributed by atoms with Gasteiger partial charge < -0.3 is 15.2 Å². The summed E-state index contributed by atoms with van der Waals surface area (Å²) in [6.07, 6.45) is 1.37. The molecule has 0 fully saturated rings. The number of carbonyl (C=O) groups is 1. The van der Waals surface area contributed by atoms with Gasteiger partial charge in [0.1, 0.15) is 11.8 Å². The molecule has 0 aliphatic carbocycles. The molecule has 0 saturated carbocycles. The molecule has 2 N–H and O–H groups in total. The third-order valence-corrected chi connectivity index (χ3v) is 2.38. The molecule has 1 aromatic rings. The van der Waals surface area contributed by atoms with Crippen LogP contribution in [0, 0.1) is 0 Å². The molecule has 0 bridgehead atoms. The maximum absolute atomic E-state index is 11.3. The third kappa shape index (κ3) is 4.07. The second-order valence-electron chi connectivity index (χ2n) is 3.79. The van der Waals surface area contributed by atoms with E-state index in [1.54, 1.807) is 0 Å². The number of nitrogens with two attached hydrogens (primary N) is 1. The lowest BCUT2D eigenvalue weighted by Gasteiger charge is -2.13. The van der Waals surface area contributed by atoms with Crippen LogP contribution in [0.4, 0.5) is 0 Å². The van der Waals surface area contributed by atoms with E-state index in [0.717, 1.165) is 17.7 Å². The summed E-state index contributed by atoms with van der Waals surface area (Å²) < 4.78 is 10.2. The molecule has 0 heterocycles. The Balaban J connectivity index is 2.72. The van der Waals surface area contributed by atoms with Crippen LogP contribution in [0.5, 0.6) is 5.75 Å². The molecule has 0 aromatic heterocycles. The van der Waals surface area contributed by atoms with Crippen molar-refractivity contribution in [3.63, 3.8) is 0 Å². The van der Waals surface area contributed by atoms with Crippen molar-refractivity contribution in [2.45, 2.75) is 25.8 Å². The zero-order valence-electron chi connectivity index (χ0n) is 10.3. The standard InChI is InChI=1S/C13H19NO3/c1-3-8-17-12-7-5-4-6-10(12)9-11(14)13(15)16-2/h4-7,11H,3,8-9,14H2,1-2H3. The van der Waals surface area contributed by atoms with Crippen molar-refractivity contribution in [2.75, 3.05) is 13.7 Å². The van der Waals surface area contributed by atoms with E-state index in [1.807, 2.05) is 31.2 Å². The van der Waals surface area contributed by atoms with E-state index in [2.05, 4.69) is 4.74 Å². The smallest absolute Gasteiger partial charge is 0.322 e. The highest BCUT2D eigenvalue weighted by Gasteiger charge is 2.16. The molecule has 1 atom stereocenters. The van der Waals surface area contributed by atoms with Crippen molar-refractivity contribution >= 4 is 5.97 Å². The normalized spacial score (nSPS) is 11.9. The molecule has 0 spiro atoms. The summed E-state index contributed by atoms with van der Waals surface area (Å²) in [6.45, 7) is 2.70. The van der Waals surface area contributed by atoms with Crippen LogP contribution in [0.25, 0.3) is 0 Å². The average molecular weight is 237 g/mol. The van der Waals surface area contributed by atoms with Crippen LogP contribution in [-0.4, -0.2) is 25.7 Å². The van der Waals surface area contributed by atoms with Crippen LogP contribution in [0.3, 0.4) is 0 Å². The first-order chi connectivity index (χ1) is 8.19. The zero-order chi connectivity index (χ0) is 12.7. The first-order valence-electron chi connectivity index (χ1n) is 5.73. The van der Waals surface area contributed by atoms with Gasteiger partial charge in [0, 0.05) is 6.42 Å². The molecule has 4 nitrogen and oxygen atoms in total. The van der Waals surface area contributed by atoms with Crippen LogP contribution in [-0.2, 0) is 16.0 Å². The van der Waals surface area contributed by atoms with E-state index in [4.69, 9.17) is 10.5 Å². The number of methoxy groups -OCH3 is 1. The number of hydrogen-bond donors (Lipinski definition) is 1. The molecule has 0 aliphatic rings. The number of rotatable bonds is 6. The van der Waals surface area contributed by atoms with Crippen LogP contribution in [0.15, 0.2) is 24.3 Å². The first-order valence-corrected chi connectivity index (χ1v) is 5.73. The molecule has 0 radical (unpaired) electrons. The SMILES string of the molecule is CCCOc1ccccc1CC(N)C(=O)OC. The molecule has 1 rings (SSSR count). The van der Waals surface area contributed by atoms with Gasteiger partial charge >= 0.3 is 5.97 Å². The minimum atomic E-state index is -0.647. The van der Waals surface area contributed by atoms with E-state index in [0.29, 0.717) is 13.0 Å². The fraction of sp³-hybridized carbons (Fsp3) is 0.462. The van der Waals surface area contributed by atoms with Gasteiger partial charge in [-0.3, -0.25) is 4.79 Å². The molecule has 0 amide bonds. The van der Waals surface area contributed by atoms with E-state index >= 15 is 0 Å². The number of benzene rings is 1. The minimum Gasteiger partial charge on any atom is -0.493 e. The molecule has 1 unspecified atom stereocenters. The molecule has 4 heteroatoms. The Kier molecular flexibility index (Phi) is 5.49. The van der Waals surface area contributed by atoms with E-state index < -0.39 is 12.0 Å². The largest absolute Gasteiger partial charge is 0.493 e. The van der Waals surface area contributed by atoms with Gasteiger partial charge in [0.05, 0.1) is 13.7 Å². The Morgan fingerprint density at radius 3 is 2.76 bits per heavy atom. The molecule has 94 valence electrons. The Hall–Kier alpha value is -1.55. The summed E-state index contributed by atoms with van der Waals surface area (Å²) in [5, 5.41) is 0. The Bertz CT molecular complexity index is 365. The number of hydrogen-bond acceptors (Lipinski definition) is 4. The minimum absolute atomic E-state index is 0.407. The molecule has 17 heavy (non-hydrogen) atoms. The van der Waals surface area contributed by atoms with Gasteiger partial charge in [0.2, 0.25) is 0 Å². The molecular formula is C13H19NO3.